The number of ether oxygens (including phenoxy) is 1. The van der Waals surface area contributed by atoms with Crippen molar-refractivity contribution < 1.29 is 22.3 Å². The first-order valence-electron chi connectivity index (χ1n) is 7.37. The van der Waals surface area contributed by atoms with Gasteiger partial charge in [-0.05, 0) is 42.8 Å². The highest BCUT2D eigenvalue weighted by atomic mass is 32.2. The molecule has 0 aliphatic heterocycles. The molecule has 2 aromatic rings. The van der Waals surface area contributed by atoms with E-state index in [9.17, 15) is 17.6 Å². The Kier molecular flexibility index (Phi) is 5.32. The Morgan fingerprint density at radius 3 is 2.44 bits per heavy atom. The maximum atomic E-state index is 13.6. The van der Waals surface area contributed by atoms with Gasteiger partial charge in [-0.15, -0.1) is 0 Å². The van der Waals surface area contributed by atoms with E-state index in [4.69, 9.17) is 4.74 Å². The van der Waals surface area contributed by atoms with Crippen molar-refractivity contribution in [1.29, 1.82) is 0 Å². The Morgan fingerprint density at radius 1 is 1.20 bits per heavy atom. The van der Waals surface area contributed by atoms with Crippen molar-refractivity contribution in [3.63, 3.8) is 0 Å². The number of aryl methyl sites for hydroxylation is 1. The molecule has 1 amide bonds. The van der Waals surface area contributed by atoms with E-state index in [1.54, 1.807) is 13.0 Å². The Bertz CT molecular complexity index is 913. The fourth-order valence-corrected chi connectivity index (χ4v) is 3.60. The van der Waals surface area contributed by atoms with Crippen LogP contribution in [0.5, 0.6) is 5.75 Å². The maximum Gasteiger partial charge on any atom is 0.262 e. The lowest BCUT2D eigenvalue weighted by atomic mass is 10.2. The average molecular weight is 366 g/mol. The molecule has 6 nitrogen and oxygen atoms in total. The summed E-state index contributed by atoms with van der Waals surface area (Å²) >= 11 is 0. The van der Waals surface area contributed by atoms with Crippen LogP contribution in [0.15, 0.2) is 41.3 Å². The molecule has 0 aliphatic rings. The number of nitrogens with one attached hydrogen (secondary N) is 1. The van der Waals surface area contributed by atoms with E-state index in [-0.39, 0.29) is 22.2 Å². The summed E-state index contributed by atoms with van der Waals surface area (Å²) in [5, 5.41) is 0. The molecule has 0 radical (unpaired) electrons. The third-order valence-corrected chi connectivity index (χ3v) is 5.23. The SMILES string of the molecule is COc1ccc(S(=O)(=O)Nc2cc(F)ccc2N(C)C(C)=O)c(C)c1. The zero-order valence-corrected chi connectivity index (χ0v) is 15.1. The number of sulfonamides is 1. The third kappa shape index (κ3) is 4.08. The van der Waals surface area contributed by atoms with Crippen molar-refractivity contribution in [1.82, 2.24) is 0 Å². The number of rotatable bonds is 5. The van der Waals surface area contributed by atoms with Crippen LogP contribution in [-0.2, 0) is 14.8 Å². The number of carbonyl (C=O) groups excluding carboxylic acids is 1. The van der Waals surface area contributed by atoms with Crippen molar-refractivity contribution >= 4 is 27.3 Å². The molecule has 0 aromatic heterocycles. The molecule has 2 rings (SSSR count). The van der Waals surface area contributed by atoms with Gasteiger partial charge in [0.25, 0.3) is 10.0 Å². The molecular weight excluding hydrogens is 347 g/mol. The number of hydrogen-bond donors (Lipinski definition) is 1. The number of halogens is 1. The van der Waals surface area contributed by atoms with Gasteiger partial charge in [-0.25, -0.2) is 12.8 Å². The standard InChI is InChI=1S/C17H19FN2O4S/c1-11-9-14(24-4)6-8-17(11)25(22,23)19-15-10-13(18)5-7-16(15)20(3)12(2)21/h5-10,19H,1-4H3. The molecule has 0 heterocycles. The van der Waals surface area contributed by atoms with Gasteiger partial charge in [0.15, 0.2) is 0 Å². The lowest BCUT2D eigenvalue weighted by Crippen LogP contribution is -2.25. The summed E-state index contributed by atoms with van der Waals surface area (Å²) in [6, 6.07) is 8.05. The molecule has 0 atom stereocenters. The molecule has 0 aliphatic carbocycles. The molecule has 0 saturated carbocycles. The minimum Gasteiger partial charge on any atom is -0.497 e. The normalized spacial score (nSPS) is 11.1. The molecular formula is C17H19FN2O4S. The monoisotopic (exact) mass is 366 g/mol. The zero-order valence-electron chi connectivity index (χ0n) is 14.3. The number of hydrogen-bond acceptors (Lipinski definition) is 4. The molecule has 0 saturated heterocycles. The predicted octanol–water partition coefficient (Wildman–Crippen LogP) is 2.93. The number of amides is 1. The van der Waals surface area contributed by atoms with Crippen LogP contribution in [0.4, 0.5) is 15.8 Å². The van der Waals surface area contributed by atoms with Crippen LogP contribution < -0.4 is 14.4 Å². The summed E-state index contributed by atoms with van der Waals surface area (Å²) in [6.45, 7) is 2.96. The molecule has 0 unspecified atom stereocenters. The van der Waals surface area contributed by atoms with Gasteiger partial charge in [-0.2, -0.15) is 0 Å². The summed E-state index contributed by atoms with van der Waals surface area (Å²) < 4.78 is 46.4. The number of carbonyl (C=O) groups is 1. The molecule has 0 fully saturated rings. The molecule has 0 bridgehead atoms. The quantitative estimate of drug-likeness (QED) is 0.883. The molecule has 134 valence electrons. The number of anilines is 2. The summed E-state index contributed by atoms with van der Waals surface area (Å²) in [4.78, 5) is 12.9. The minimum absolute atomic E-state index is 0.0204. The highest BCUT2D eigenvalue weighted by molar-refractivity contribution is 7.92. The predicted molar refractivity (Wildman–Crippen MR) is 94.0 cm³/mol. The van der Waals surface area contributed by atoms with E-state index < -0.39 is 15.8 Å². The van der Waals surface area contributed by atoms with Crippen molar-refractivity contribution in [2.75, 3.05) is 23.8 Å². The Labute approximate surface area is 146 Å². The van der Waals surface area contributed by atoms with Crippen LogP contribution in [0.3, 0.4) is 0 Å². The van der Waals surface area contributed by atoms with Gasteiger partial charge in [0, 0.05) is 20.0 Å². The lowest BCUT2D eigenvalue weighted by Gasteiger charge is -2.20. The first-order valence-corrected chi connectivity index (χ1v) is 8.85. The van der Waals surface area contributed by atoms with Crippen LogP contribution in [0.2, 0.25) is 0 Å². The van der Waals surface area contributed by atoms with Gasteiger partial charge in [0.2, 0.25) is 5.91 Å². The van der Waals surface area contributed by atoms with E-state index in [0.29, 0.717) is 11.3 Å². The average Bonchev–Trinajstić information content (AvgIpc) is 2.53. The third-order valence-electron chi connectivity index (χ3n) is 3.71. The highest BCUT2D eigenvalue weighted by Gasteiger charge is 2.21. The van der Waals surface area contributed by atoms with Gasteiger partial charge in [0.1, 0.15) is 11.6 Å². The van der Waals surface area contributed by atoms with Crippen LogP contribution >= 0.6 is 0 Å². The number of methoxy groups -OCH3 is 1. The molecule has 0 spiro atoms. The van der Waals surface area contributed by atoms with Gasteiger partial charge < -0.3 is 9.64 Å². The summed E-state index contributed by atoms with van der Waals surface area (Å²) in [5.74, 6) is -0.406. The topological polar surface area (TPSA) is 75.7 Å². The largest absolute Gasteiger partial charge is 0.497 e. The fourth-order valence-electron chi connectivity index (χ4n) is 2.30. The van der Waals surface area contributed by atoms with E-state index >= 15 is 0 Å². The van der Waals surface area contributed by atoms with E-state index in [1.165, 1.54) is 44.2 Å². The van der Waals surface area contributed by atoms with Gasteiger partial charge in [-0.1, -0.05) is 0 Å². The zero-order chi connectivity index (χ0) is 18.8. The van der Waals surface area contributed by atoms with Gasteiger partial charge in [0.05, 0.1) is 23.4 Å². The minimum atomic E-state index is -3.98. The maximum absolute atomic E-state index is 13.6. The first kappa shape index (κ1) is 18.7. The number of nitrogens with zero attached hydrogens (tertiary/aromatic N) is 1. The molecule has 25 heavy (non-hydrogen) atoms. The Hall–Kier alpha value is -2.61. The molecule has 2 aromatic carbocycles. The second-order valence-corrected chi connectivity index (χ2v) is 7.13. The smallest absolute Gasteiger partial charge is 0.262 e. The first-order chi connectivity index (χ1) is 11.7. The van der Waals surface area contributed by atoms with Crippen molar-refractivity contribution in [3.05, 3.63) is 47.8 Å². The lowest BCUT2D eigenvalue weighted by molar-refractivity contribution is -0.116. The Morgan fingerprint density at radius 2 is 1.88 bits per heavy atom. The Balaban J connectivity index is 2.48. The number of benzene rings is 2. The van der Waals surface area contributed by atoms with Crippen molar-refractivity contribution in [2.45, 2.75) is 18.7 Å². The summed E-state index contributed by atoms with van der Waals surface area (Å²) in [6.07, 6.45) is 0. The van der Waals surface area contributed by atoms with Crippen molar-refractivity contribution in [3.8, 4) is 5.75 Å². The molecule has 1 N–H and O–H groups in total. The summed E-state index contributed by atoms with van der Waals surface area (Å²) in [5.41, 5.74) is 0.710. The van der Waals surface area contributed by atoms with Crippen LogP contribution in [0.1, 0.15) is 12.5 Å². The van der Waals surface area contributed by atoms with E-state index in [0.717, 1.165) is 12.1 Å². The van der Waals surface area contributed by atoms with Crippen LogP contribution in [0.25, 0.3) is 0 Å². The van der Waals surface area contributed by atoms with Gasteiger partial charge in [-0.3, -0.25) is 9.52 Å². The van der Waals surface area contributed by atoms with Gasteiger partial charge >= 0.3 is 0 Å². The van der Waals surface area contributed by atoms with Crippen LogP contribution in [-0.4, -0.2) is 28.5 Å². The second kappa shape index (κ2) is 7.10. The van der Waals surface area contributed by atoms with E-state index in [1.807, 2.05) is 0 Å². The fraction of sp³-hybridized carbons (Fsp3) is 0.235. The highest BCUT2D eigenvalue weighted by Crippen LogP contribution is 2.30. The second-order valence-electron chi connectivity index (χ2n) is 5.48. The summed E-state index contributed by atoms with van der Waals surface area (Å²) in [7, 11) is -1.02. The van der Waals surface area contributed by atoms with Crippen LogP contribution in [0, 0.1) is 12.7 Å². The van der Waals surface area contributed by atoms with E-state index in [2.05, 4.69) is 4.72 Å². The molecule has 8 heteroatoms. The van der Waals surface area contributed by atoms with Crippen molar-refractivity contribution in [2.24, 2.45) is 0 Å².